The van der Waals surface area contributed by atoms with Crippen LogP contribution >= 0.6 is 0 Å². The lowest BCUT2D eigenvalue weighted by Gasteiger charge is -2.34. The van der Waals surface area contributed by atoms with Crippen LogP contribution in [0.2, 0.25) is 0 Å². The molecule has 2 aromatic carbocycles. The molecule has 0 unspecified atom stereocenters. The summed E-state index contributed by atoms with van der Waals surface area (Å²) in [6, 6.07) is 12.2. The molecule has 1 fully saturated rings. The number of aromatic nitrogens is 3. The van der Waals surface area contributed by atoms with Gasteiger partial charge in [-0.2, -0.15) is 4.98 Å². The average Bonchev–Trinajstić information content (AvgIpc) is 3.55. The number of anilines is 1. The number of urea groups is 1. The average molecular weight is 533 g/mol. The third-order valence-electron chi connectivity index (χ3n) is 7.20. The number of hydrogen-bond donors (Lipinski definition) is 3. The zero-order valence-corrected chi connectivity index (χ0v) is 22.3. The van der Waals surface area contributed by atoms with Gasteiger partial charge in [0.05, 0.1) is 11.9 Å². The first kappa shape index (κ1) is 26.4. The second kappa shape index (κ2) is 11.3. The van der Waals surface area contributed by atoms with Gasteiger partial charge >= 0.3 is 6.03 Å². The largest absolute Gasteiger partial charge is 0.424 e. The summed E-state index contributed by atoms with van der Waals surface area (Å²) in [5.41, 5.74) is 2.99. The number of nitrogens with one attached hydrogen (secondary N) is 3. The van der Waals surface area contributed by atoms with E-state index in [1.54, 1.807) is 23.2 Å². The van der Waals surface area contributed by atoms with Crippen molar-refractivity contribution in [2.75, 3.05) is 11.9 Å². The number of ketones is 1. The van der Waals surface area contributed by atoms with Gasteiger partial charge in [0.1, 0.15) is 17.2 Å². The third kappa shape index (κ3) is 5.94. The number of piperidine rings is 1. The third-order valence-corrected chi connectivity index (χ3v) is 7.20. The molecule has 1 saturated heterocycles. The number of Topliss-reactive ketones (excluding diaryl/α,β-unsaturated/α-hetero) is 1. The van der Waals surface area contributed by atoms with E-state index in [-0.39, 0.29) is 42.0 Å². The highest BCUT2D eigenvalue weighted by atomic mass is 19.1. The maximum atomic E-state index is 14.5. The molecule has 2 aromatic heterocycles. The van der Waals surface area contributed by atoms with Crippen LogP contribution in [0.4, 0.5) is 15.2 Å². The lowest BCUT2D eigenvalue weighted by Crippen LogP contribution is -2.54. The number of likely N-dealkylation sites (tertiary alicyclic amines) is 1. The van der Waals surface area contributed by atoms with Gasteiger partial charge in [-0.15, -0.1) is 0 Å². The number of benzene rings is 2. The van der Waals surface area contributed by atoms with Crippen LogP contribution < -0.4 is 10.6 Å². The molecule has 0 saturated carbocycles. The summed E-state index contributed by atoms with van der Waals surface area (Å²) >= 11 is 0. The fourth-order valence-corrected chi connectivity index (χ4v) is 4.94. The lowest BCUT2D eigenvalue weighted by atomic mass is 10.0. The van der Waals surface area contributed by atoms with Crippen molar-refractivity contribution in [3.63, 3.8) is 0 Å². The van der Waals surface area contributed by atoms with Gasteiger partial charge in [0.15, 0.2) is 17.5 Å². The number of amides is 2. The van der Waals surface area contributed by atoms with Gasteiger partial charge in [0.25, 0.3) is 6.01 Å². The minimum Gasteiger partial charge on any atom is -0.424 e. The zero-order valence-electron chi connectivity index (χ0n) is 22.3. The first-order valence-electron chi connectivity index (χ1n) is 13.3. The van der Waals surface area contributed by atoms with Crippen LogP contribution in [0.25, 0.3) is 22.4 Å². The molecule has 3 atom stereocenters. The number of H-pyrrole nitrogens is 1. The Kier molecular flexibility index (Phi) is 7.63. The topological polar surface area (TPSA) is 116 Å². The smallest absolute Gasteiger partial charge is 0.319 e. The molecule has 204 valence electrons. The maximum absolute atomic E-state index is 14.5. The van der Waals surface area contributed by atoms with Crippen LogP contribution in [0, 0.1) is 12.7 Å². The van der Waals surface area contributed by atoms with E-state index < -0.39 is 6.17 Å². The molecule has 5 rings (SSSR count). The Labute approximate surface area is 226 Å². The maximum Gasteiger partial charge on any atom is 0.319 e. The summed E-state index contributed by atoms with van der Waals surface area (Å²) in [6.07, 6.45) is 3.49. The van der Waals surface area contributed by atoms with Crippen molar-refractivity contribution in [2.24, 2.45) is 0 Å². The minimum atomic E-state index is -1.06. The summed E-state index contributed by atoms with van der Waals surface area (Å²) in [6.45, 7) is 6.33. The molecule has 1 aliphatic heterocycles. The van der Waals surface area contributed by atoms with Gasteiger partial charge in [-0.05, 0) is 62.9 Å². The highest BCUT2D eigenvalue weighted by Gasteiger charge is 2.30. The van der Waals surface area contributed by atoms with Crippen LogP contribution in [0.15, 0.2) is 53.1 Å². The summed E-state index contributed by atoms with van der Waals surface area (Å²) in [5.74, 6) is -0.373. The molecule has 39 heavy (non-hydrogen) atoms. The van der Waals surface area contributed by atoms with Crippen molar-refractivity contribution < 1.29 is 18.4 Å². The molecule has 9 nitrogen and oxygen atoms in total. The number of rotatable bonds is 8. The normalized spacial score (nSPS) is 17.1. The van der Waals surface area contributed by atoms with Crippen molar-refractivity contribution in [1.82, 2.24) is 25.2 Å². The Bertz CT molecular complexity index is 1450. The van der Waals surface area contributed by atoms with E-state index in [1.807, 2.05) is 45.0 Å². The molecule has 0 aliphatic carbocycles. The van der Waals surface area contributed by atoms with Crippen molar-refractivity contribution in [3.8, 4) is 11.3 Å². The molecule has 0 spiro atoms. The Hall–Kier alpha value is -4.21. The molecule has 1 aliphatic rings. The van der Waals surface area contributed by atoms with Gasteiger partial charge in [0.2, 0.25) is 0 Å². The molecule has 0 bridgehead atoms. The Morgan fingerprint density at radius 1 is 1.23 bits per heavy atom. The highest BCUT2D eigenvalue weighted by Crippen LogP contribution is 2.26. The second-order valence-corrected chi connectivity index (χ2v) is 10.3. The van der Waals surface area contributed by atoms with E-state index in [0.29, 0.717) is 34.7 Å². The number of aromatic amines is 1. The zero-order chi connectivity index (χ0) is 27.5. The predicted octanol–water partition coefficient (Wildman–Crippen LogP) is 5.75. The number of carbonyl (C=O) groups is 2. The van der Waals surface area contributed by atoms with Gasteiger partial charge in [-0.25, -0.2) is 14.2 Å². The summed E-state index contributed by atoms with van der Waals surface area (Å²) in [7, 11) is 0. The fraction of sp³-hybridized carbons (Fsp3) is 0.379. The molecule has 0 radical (unpaired) electrons. The van der Waals surface area contributed by atoms with E-state index in [2.05, 4.69) is 25.6 Å². The number of aryl methyl sites for hydroxylation is 1. The summed E-state index contributed by atoms with van der Waals surface area (Å²) < 4.78 is 20.2. The standard InChI is InChI=1S/C29H33FN6O3/c1-17-11-12-20(21(30)14-17)23-16-31-26(32-23)18(2)15-24(37)27(35-29(38)36-13-7-6-8-19(36)3)34-28-33-22-9-4-5-10-25(22)39-28/h4-5,9-12,14,16,18-19,27H,6-8,13,15H2,1-3H3,(H,31,32)(H,33,34)(H,35,38)/t18-,19+,27+/m1/s1. The molecule has 10 heteroatoms. The number of imidazole rings is 1. The first-order valence-corrected chi connectivity index (χ1v) is 13.3. The first-order chi connectivity index (χ1) is 18.8. The number of hydrogen-bond acceptors (Lipinski definition) is 6. The van der Waals surface area contributed by atoms with Crippen molar-refractivity contribution >= 4 is 28.9 Å². The van der Waals surface area contributed by atoms with Crippen molar-refractivity contribution in [1.29, 1.82) is 0 Å². The van der Waals surface area contributed by atoms with Crippen molar-refractivity contribution in [3.05, 3.63) is 65.9 Å². The van der Waals surface area contributed by atoms with E-state index in [1.165, 1.54) is 6.07 Å². The molecule has 3 heterocycles. The highest BCUT2D eigenvalue weighted by molar-refractivity contribution is 5.91. The predicted molar refractivity (Wildman–Crippen MR) is 147 cm³/mol. The number of nitrogens with zero attached hydrogens (tertiary/aromatic N) is 3. The summed E-state index contributed by atoms with van der Waals surface area (Å²) in [4.78, 5) is 40.4. The lowest BCUT2D eigenvalue weighted by molar-refractivity contribution is -0.120. The summed E-state index contributed by atoms with van der Waals surface area (Å²) in [5, 5.41) is 5.84. The van der Waals surface area contributed by atoms with E-state index >= 15 is 0 Å². The monoisotopic (exact) mass is 532 g/mol. The minimum absolute atomic E-state index is 0.0665. The molecular weight excluding hydrogens is 499 g/mol. The van der Waals surface area contributed by atoms with Crippen molar-refractivity contribution in [2.45, 2.75) is 64.6 Å². The number of para-hydroxylation sites is 2. The number of fused-ring (bicyclic) bond motifs is 1. The number of carbonyl (C=O) groups excluding carboxylic acids is 2. The molecule has 3 N–H and O–H groups in total. The van der Waals surface area contributed by atoms with Gasteiger partial charge in [0, 0.05) is 30.5 Å². The van der Waals surface area contributed by atoms with Crippen LogP contribution in [0.5, 0.6) is 0 Å². The van der Waals surface area contributed by atoms with Crippen LogP contribution in [-0.2, 0) is 4.79 Å². The Balaban J connectivity index is 1.33. The number of oxazole rings is 1. The molecule has 4 aromatic rings. The second-order valence-electron chi connectivity index (χ2n) is 10.3. The Morgan fingerprint density at radius 3 is 2.82 bits per heavy atom. The Morgan fingerprint density at radius 2 is 2.05 bits per heavy atom. The van der Waals surface area contributed by atoms with E-state index in [9.17, 15) is 14.0 Å². The van der Waals surface area contributed by atoms with Gasteiger partial charge < -0.3 is 24.9 Å². The van der Waals surface area contributed by atoms with E-state index in [4.69, 9.17) is 4.42 Å². The van der Waals surface area contributed by atoms with Crippen LogP contribution in [0.1, 0.15) is 56.8 Å². The number of halogens is 1. The SMILES string of the molecule is Cc1ccc(-c2cnc([C@H](C)CC(=O)[C@H](NC(=O)N3CCCC[C@@H]3C)Nc3nc4ccccc4o3)[nH]2)c(F)c1. The quantitative estimate of drug-likeness (QED) is 0.249. The van der Waals surface area contributed by atoms with Crippen LogP contribution in [-0.4, -0.2) is 50.4 Å². The van der Waals surface area contributed by atoms with Gasteiger partial charge in [-0.3, -0.25) is 4.79 Å². The molecular formula is C29H33FN6O3. The van der Waals surface area contributed by atoms with Gasteiger partial charge in [-0.1, -0.05) is 25.1 Å². The van der Waals surface area contributed by atoms with Crippen LogP contribution in [0.3, 0.4) is 0 Å². The van der Waals surface area contributed by atoms with E-state index in [0.717, 1.165) is 24.8 Å². The fourth-order valence-electron chi connectivity index (χ4n) is 4.94. The molecule has 2 amide bonds.